The smallest absolute Gasteiger partial charge is 0.216 e. The molecule has 4 heteroatoms. The van der Waals surface area contributed by atoms with Crippen molar-refractivity contribution in [2.24, 2.45) is 0 Å². The SMILES string of the molecule is CCCCCCCCCCCCc1c(N)cc(N)cc1C(=O)S. The van der Waals surface area contributed by atoms with Crippen molar-refractivity contribution in [3.8, 4) is 0 Å². The fraction of sp³-hybridized carbons (Fsp3) is 0.632. The van der Waals surface area contributed by atoms with Crippen molar-refractivity contribution in [3.63, 3.8) is 0 Å². The number of hydrogen-bond acceptors (Lipinski definition) is 3. The minimum absolute atomic E-state index is 0.258. The van der Waals surface area contributed by atoms with E-state index in [4.69, 9.17) is 11.5 Å². The second kappa shape index (κ2) is 11.4. The van der Waals surface area contributed by atoms with Crippen molar-refractivity contribution in [2.75, 3.05) is 11.5 Å². The second-order valence-corrected chi connectivity index (χ2v) is 6.78. The van der Waals surface area contributed by atoms with E-state index in [1.54, 1.807) is 12.1 Å². The minimum Gasteiger partial charge on any atom is -0.399 e. The van der Waals surface area contributed by atoms with Gasteiger partial charge in [0.25, 0.3) is 0 Å². The highest BCUT2D eigenvalue weighted by Crippen LogP contribution is 2.25. The Morgan fingerprint density at radius 2 is 1.43 bits per heavy atom. The van der Waals surface area contributed by atoms with Crippen molar-refractivity contribution in [3.05, 3.63) is 23.3 Å². The maximum atomic E-state index is 11.6. The molecule has 1 rings (SSSR count). The van der Waals surface area contributed by atoms with Crippen molar-refractivity contribution in [2.45, 2.75) is 77.6 Å². The van der Waals surface area contributed by atoms with Gasteiger partial charge in [0, 0.05) is 16.9 Å². The Morgan fingerprint density at radius 1 is 0.913 bits per heavy atom. The van der Waals surface area contributed by atoms with Crippen LogP contribution < -0.4 is 11.5 Å². The summed E-state index contributed by atoms with van der Waals surface area (Å²) in [6.07, 6.45) is 13.8. The maximum absolute atomic E-state index is 11.6. The van der Waals surface area contributed by atoms with Gasteiger partial charge < -0.3 is 11.5 Å². The predicted octanol–water partition coefficient (Wildman–Crippen LogP) is 5.38. The third kappa shape index (κ3) is 7.78. The topological polar surface area (TPSA) is 69.1 Å². The molecule has 0 saturated carbocycles. The van der Waals surface area contributed by atoms with Gasteiger partial charge in [-0.15, -0.1) is 12.6 Å². The summed E-state index contributed by atoms with van der Waals surface area (Å²) in [4.78, 5) is 11.6. The highest BCUT2D eigenvalue weighted by atomic mass is 32.1. The lowest BCUT2D eigenvalue weighted by Gasteiger charge is -2.11. The average Bonchev–Trinajstić information content (AvgIpc) is 2.50. The van der Waals surface area contributed by atoms with Crippen LogP contribution in [-0.2, 0) is 6.42 Å². The van der Waals surface area contributed by atoms with E-state index in [1.165, 1.54) is 57.8 Å². The number of hydrogen-bond donors (Lipinski definition) is 3. The molecule has 0 saturated heterocycles. The lowest BCUT2D eigenvalue weighted by atomic mass is 9.98. The zero-order chi connectivity index (χ0) is 17.1. The zero-order valence-corrected chi connectivity index (χ0v) is 15.3. The molecule has 1 aromatic rings. The molecule has 0 bridgehead atoms. The summed E-state index contributed by atoms with van der Waals surface area (Å²) in [5, 5.41) is -0.258. The Balaban J connectivity index is 2.25. The lowest BCUT2D eigenvalue weighted by molar-refractivity contribution is 0.109. The van der Waals surface area contributed by atoms with E-state index in [0.29, 0.717) is 16.9 Å². The molecule has 0 amide bonds. The first-order valence-corrected chi connectivity index (χ1v) is 9.42. The quantitative estimate of drug-likeness (QED) is 0.272. The largest absolute Gasteiger partial charge is 0.399 e. The second-order valence-electron chi connectivity index (χ2n) is 6.37. The number of thiol groups is 1. The third-order valence-electron chi connectivity index (χ3n) is 4.32. The Morgan fingerprint density at radius 3 is 1.96 bits per heavy atom. The fourth-order valence-electron chi connectivity index (χ4n) is 2.98. The van der Waals surface area contributed by atoms with Gasteiger partial charge in [-0.3, -0.25) is 4.79 Å². The van der Waals surface area contributed by atoms with Gasteiger partial charge >= 0.3 is 0 Å². The van der Waals surface area contributed by atoms with E-state index in [0.717, 1.165) is 18.4 Å². The molecule has 0 unspecified atom stereocenters. The molecule has 0 fully saturated rings. The van der Waals surface area contributed by atoms with Crippen LogP contribution in [0, 0.1) is 0 Å². The molecule has 130 valence electrons. The van der Waals surface area contributed by atoms with E-state index in [1.807, 2.05) is 0 Å². The first kappa shape index (κ1) is 19.9. The summed E-state index contributed by atoms with van der Waals surface area (Å²) in [6, 6.07) is 3.41. The monoisotopic (exact) mass is 336 g/mol. The molecule has 0 aromatic heterocycles. The summed E-state index contributed by atoms with van der Waals surface area (Å²) in [5.74, 6) is 0. The van der Waals surface area contributed by atoms with Crippen LogP contribution in [0.25, 0.3) is 0 Å². The van der Waals surface area contributed by atoms with Crippen molar-refractivity contribution in [1.82, 2.24) is 0 Å². The molecule has 0 atom stereocenters. The number of anilines is 2. The highest BCUT2D eigenvalue weighted by molar-refractivity contribution is 7.97. The molecule has 0 aliphatic heterocycles. The molecular weight excluding hydrogens is 304 g/mol. The number of unbranched alkanes of at least 4 members (excludes halogenated alkanes) is 9. The minimum atomic E-state index is -0.258. The number of nitrogen functional groups attached to an aromatic ring is 2. The van der Waals surface area contributed by atoms with Crippen LogP contribution in [0.3, 0.4) is 0 Å². The number of carbonyl (C=O) groups excluding carboxylic acids is 1. The summed E-state index contributed by atoms with van der Waals surface area (Å²) in [5.41, 5.74) is 14.4. The Labute approximate surface area is 146 Å². The van der Waals surface area contributed by atoms with Gasteiger partial charge in [-0.2, -0.15) is 0 Å². The van der Waals surface area contributed by atoms with Gasteiger partial charge in [0.05, 0.1) is 0 Å². The van der Waals surface area contributed by atoms with E-state index < -0.39 is 0 Å². The summed E-state index contributed by atoms with van der Waals surface area (Å²) >= 11 is 3.93. The Kier molecular flexibility index (Phi) is 9.85. The molecule has 0 aliphatic rings. The highest BCUT2D eigenvalue weighted by Gasteiger charge is 2.12. The third-order valence-corrected chi connectivity index (χ3v) is 4.56. The van der Waals surface area contributed by atoms with Crippen LogP contribution in [0.15, 0.2) is 12.1 Å². The van der Waals surface area contributed by atoms with Crippen LogP contribution in [0.5, 0.6) is 0 Å². The maximum Gasteiger partial charge on any atom is 0.216 e. The standard InChI is InChI=1S/C19H32N2OS/c1-2-3-4-5-6-7-8-9-10-11-12-16-17(19(22)23)13-15(20)14-18(16)21/h13-14H,2-12,20-21H2,1H3,(H,22,23). The van der Waals surface area contributed by atoms with Gasteiger partial charge in [-0.05, 0) is 30.5 Å². The molecule has 3 nitrogen and oxygen atoms in total. The molecular formula is C19H32N2OS. The van der Waals surface area contributed by atoms with Gasteiger partial charge in [0.2, 0.25) is 5.12 Å². The average molecular weight is 337 g/mol. The number of benzene rings is 1. The first-order valence-electron chi connectivity index (χ1n) is 8.97. The van der Waals surface area contributed by atoms with Gasteiger partial charge in [-0.25, -0.2) is 0 Å². The van der Waals surface area contributed by atoms with Crippen LogP contribution in [-0.4, -0.2) is 5.12 Å². The zero-order valence-electron chi connectivity index (χ0n) is 14.4. The molecule has 4 N–H and O–H groups in total. The number of rotatable bonds is 12. The van der Waals surface area contributed by atoms with Crippen LogP contribution >= 0.6 is 12.6 Å². The van der Waals surface area contributed by atoms with Crippen molar-refractivity contribution in [1.29, 1.82) is 0 Å². The molecule has 23 heavy (non-hydrogen) atoms. The molecule has 0 aliphatic carbocycles. The van der Waals surface area contributed by atoms with Crippen molar-refractivity contribution < 1.29 is 4.79 Å². The summed E-state index contributed by atoms with van der Waals surface area (Å²) < 4.78 is 0. The predicted molar refractivity (Wildman–Crippen MR) is 104 cm³/mol. The summed E-state index contributed by atoms with van der Waals surface area (Å²) in [7, 11) is 0. The lowest BCUT2D eigenvalue weighted by Crippen LogP contribution is -2.05. The van der Waals surface area contributed by atoms with E-state index in [-0.39, 0.29) is 5.12 Å². The molecule has 0 spiro atoms. The van der Waals surface area contributed by atoms with Crippen LogP contribution in [0.2, 0.25) is 0 Å². The number of carbonyl (C=O) groups is 1. The van der Waals surface area contributed by atoms with Crippen molar-refractivity contribution >= 4 is 29.1 Å². The summed E-state index contributed by atoms with van der Waals surface area (Å²) in [6.45, 7) is 2.25. The number of nitrogens with two attached hydrogens (primary N) is 2. The van der Waals surface area contributed by atoms with Crippen LogP contribution in [0.4, 0.5) is 11.4 Å². The fourth-order valence-corrected chi connectivity index (χ4v) is 3.18. The van der Waals surface area contributed by atoms with Gasteiger partial charge in [-0.1, -0.05) is 64.7 Å². The van der Waals surface area contributed by atoms with Gasteiger partial charge in [0.1, 0.15) is 0 Å². The van der Waals surface area contributed by atoms with Crippen LogP contribution in [0.1, 0.15) is 87.1 Å². The Hall–Kier alpha value is -1.16. The van der Waals surface area contributed by atoms with E-state index >= 15 is 0 Å². The molecule has 0 heterocycles. The Bertz CT molecular complexity index is 489. The van der Waals surface area contributed by atoms with E-state index in [2.05, 4.69) is 19.6 Å². The van der Waals surface area contributed by atoms with Gasteiger partial charge in [0.15, 0.2) is 0 Å². The normalized spacial score (nSPS) is 10.9. The van der Waals surface area contributed by atoms with E-state index in [9.17, 15) is 4.79 Å². The first-order chi connectivity index (χ1) is 11.1. The molecule has 0 radical (unpaired) electrons. The molecule has 1 aromatic carbocycles.